The van der Waals surface area contributed by atoms with Gasteiger partial charge in [-0.25, -0.2) is 4.99 Å². The molecule has 0 radical (unpaired) electrons. The molecule has 156 valence electrons. The Kier molecular flexibility index (Phi) is 11.7. The smallest absolute Gasteiger partial charge is 0.216 e. The summed E-state index contributed by atoms with van der Waals surface area (Å²) < 4.78 is 5.65. The minimum atomic E-state index is -0.561. The second-order valence-corrected chi connectivity index (χ2v) is 7.92. The highest BCUT2D eigenvalue weighted by atomic mass is 16.5. The maximum atomic E-state index is 10.3. The number of hydrogen-bond donors (Lipinski definition) is 1. The van der Waals surface area contributed by atoms with E-state index in [2.05, 4.69) is 18.0 Å². The van der Waals surface area contributed by atoms with Crippen molar-refractivity contribution in [1.82, 2.24) is 0 Å². The van der Waals surface area contributed by atoms with Crippen LogP contribution in [0.4, 0.5) is 0 Å². The van der Waals surface area contributed by atoms with E-state index in [9.17, 15) is 5.11 Å². The molecule has 3 nitrogen and oxygen atoms in total. The van der Waals surface area contributed by atoms with Gasteiger partial charge >= 0.3 is 0 Å². The Morgan fingerprint density at radius 3 is 2.21 bits per heavy atom. The molecule has 0 fully saturated rings. The molecule has 0 spiro atoms. The van der Waals surface area contributed by atoms with Crippen molar-refractivity contribution in [3.8, 4) is 0 Å². The van der Waals surface area contributed by atoms with Crippen molar-refractivity contribution in [2.45, 2.75) is 96.1 Å². The minimum Gasteiger partial charge on any atom is -0.475 e. The molecule has 0 saturated heterocycles. The molecule has 0 amide bonds. The standard InChI is InChI=1S/C25H39NO2/c1-2-3-4-5-6-7-8-9-10-11-12-13-17-20-24(27)23-21-28-25(26-23)22-18-15-14-16-19-22/h14-20,23-24,27H,2-13,21H2,1H3/b20-17+/t23-,24+/m0/s1. The summed E-state index contributed by atoms with van der Waals surface area (Å²) >= 11 is 0. The molecule has 0 unspecified atom stereocenters. The minimum absolute atomic E-state index is 0.191. The van der Waals surface area contributed by atoms with Crippen molar-refractivity contribution in [2.75, 3.05) is 6.61 Å². The van der Waals surface area contributed by atoms with Crippen LogP contribution in [0.5, 0.6) is 0 Å². The van der Waals surface area contributed by atoms with E-state index >= 15 is 0 Å². The summed E-state index contributed by atoms with van der Waals surface area (Å²) in [7, 11) is 0. The first-order chi connectivity index (χ1) is 13.8. The van der Waals surface area contributed by atoms with Crippen molar-refractivity contribution in [3.05, 3.63) is 48.0 Å². The Balaban J connectivity index is 1.49. The van der Waals surface area contributed by atoms with Crippen molar-refractivity contribution >= 4 is 5.90 Å². The van der Waals surface area contributed by atoms with Crippen LogP contribution in [0.15, 0.2) is 47.5 Å². The van der Waals surface area contributed by atoms with Gasteiger partial charge in [-0.05, 0) is 25.0 Å². The molecule has 2 rings (SSSR count). The molecule has 1 N–H and O–H groups in total. The molecule has 1 aliphatic rings. The molecule has 1 heterocycles. The monoisotopic (exact) mass is 385 g/mol. The highest BCUT2D eigenvalue weighted by Crippen LogP contribution is 2.16. The van der Waals surface area contributed by atoms with Gasteiger partial charge in [-0.2, -0.15) is 0 Å². The molecular formula is C25H39NO2. The second kappa shape index (κ2) is 14.4. The van der Waals surface area contributed by atoms with Gasteiger partial charge in [-0.3, -0.25) is 0 Å². The second-order valence-electron chi connectivity index (χ2n) is 7.92. The summed E-state index contributed by atoms with van der Waals surface area (Å²) in [6.45, 7) is 2.73. The fourth-order valence-electron chi connectivity index (χ4n) is 3.59. The molecule has 0 aromatic heterocycles. The molecule has 0 saturated carbocycles. The van der Waals surface area contributed by atoms with Crippen LogP contribution in [0.1, 0.15) is 89.5 Å². The van der Waals surface area contributed by atoms with E-state index in [1.165, 1.54) is 70.6 Å². The van der Waals surface area contributed by atoms with E-state index in [4.69, 9.17) is 4.74 Å². The lowest BCUT2D eigenvalue weighted by Crippen LogP contribution is -2.23. The maximum absolute atomic E-state index is 10.3. The highest BCUT2D eigenvalue weighted by Gasteiger charge is 2.24. The average molecular weight is 386 g/mol. The van der Waals surface area contributed by atoms with Crippen LogP contribution in [0.2, 0.25) is 0 Å². The topological polar surface area (TPSA) is 41.8 Å². The predicted molar refractivity (Wildman–Crippen MR) is 119 cm³/mol. The summed E-state index contributed by atoms with van der Waals surface area (Å²) in [6, 6.07) is 9.69. The third-order valence-corrected chi connectivity index (χ3v) is 5.40. The number of hydrogen-bond acceptors (Lipinski definition) is 3. The normalized spacial score (nSPS) is 17.6. The van der Waals surface area contributed by atoms with E-state index in [0.29, 0.717) is 12.5 Å². The van der Waals surface area contributed by atoms with Crippen molar-refractivity contribution in [3.63, 3.8) is 0 Å². The number of allylic oxidation sites excluding steroid dienone is 1. The molecule has 28 heavy (non-hydrogen) atoms. The number of benzene rings is 1. The van der Waals surface area contributed by atoms with Gasteiger partial charge in [0.15, 0.2) is 0 Å². The number of aliphatic hydroxyl groups excluding tert-OH is 1. The summed E-state index contributed by atoms with van der Waals surface area (Å²) in [5.74, 6) is 0.642. The number of aliphatic hydroxyl groups is 1. The first-order valence-corrected chi connectivity index (χ1v) is 11.4. The summed E-state index contributed by atoms with van der Waals surface area (Å²) in [4.78, 5) is 4.53. The lowest BCUT2D eigenvalue weighted by atomic mass is 10.0. The van der Waals surface area contributed by atoms with Gasteiger partial charge in [-0.1, -0.05) is 101 Å². The van der Waals surface area contributed by atoms with Crippen LogP contribution in [-0.4, -0.2) is 29.8 Å². The number of rotatable bonds is 15. The van der Waals surface area contributed by atoms with Crippen LogP contribution in [-0.2, 0) is 4.74 Å². The van der Waals surface area contributed by atoms with E-state index in [-0.39, 0.29) is 6.04 Å². The van der Waals surface area contributed by atoms with Crippen LogP contribution in [0.3, 0.4) is 0 Å². The first-order valence-electron chi connectivity index (χ1n) is 11.4. The SMILES string of the molecule is CCCCCCCCCCCCC/C=C/[C@@H](O)[C@@H]1COC(c2ccccc2)=N1. The van der Waals surface area contributed by atoms with Gasteiger partial charge in [0, 0.05) is 5.56 Å². The Labute approximate surface area is 171 Å². The summed E-state index contributed by atoms with van der Waals surface area (Å²) in [5, 5.41) is 10.3. The molecule has 3 heteroatoms. The highest BCUT2D eigenvalue weighted by molar-refractivity contribution is 5.95. The van der Waals surface area contributed by atoms with Crippen LogP contribution >= 0.6 is 0 Å². The Hall–Kier alpha value is -1.61. The zero-order chi connectivity index (χ0) is 19.9. The maximum Gasteiger partial charge on any atom is 0.216 e. The molecule has 0 aliphatic carbocycles. The van der Waals surface area contributed by atoms with E-state index in [1.807, 2.05) is 36.4 Å². The molecule has 1 aliphatic heterocycles. The quantitative estimate of drug-likeness (QED) is 0.278. The first kappa shape index (κ1) is 22.7. The fourth-order valence-corrected chi connectivity index (χ4v) is 3.59. The number of unbranched alkanes of at least 4 members (excludes halogenated alkanes) is 11. The molecule has 1 aromatic rings. The van der Waals surface area contributed by atoms with Crippen LogP contribution < -0.4 is 0 Å². The van der Waals surface area contributed by atoms with Crippen LogP contribution in [0, 0.1) is 0 Å². The van der Waals surface area contributed by atoms with Gasteiger partial charge in [0.25, 0.3) is 0 Å². The zero-order valence-corrected chi connectivity index (χ0v) is 17.7. The lowest BCUT2D eigenvalue weighted by Gasteiger charge is -2.08. The van der Waals surface area contributed by atoms with E-state index < -0.39 is 6.10 Å². The van der Waals surface area contributed by atoms with E-state index in [0.717, 1.165) is 12.0 Å². The Bertz CT molecular complexity index is 567. The fraction of sp³-hybridized carbons (Fsp3) is 0.640. The Morgan fingerprint density at radius 1 is 0.964 bits per heavy atom. The largest absolute Gasteiger partial charge is 0.475 e. The van der Waals surface area contributed by atoms with Gasteiger partial charge in [0.1, 0.15) is 12.6 Å². The van der Waals surface area contributed by atoms with Gasteiger partial charge in [0.2, 0.25) is 5.90 Å². The summed E-state index contributed by atoms with van der Waals surface area (Å²) in [6.07, 6.45) is 19.5. The van der Waals surface area contributed by atoms with Gasteiger partial charge in [0.05, 0.1) is 6.10 Å². The van der Waals surface area contributed by atoms with Crippen molar-refractivity contribution in [2.24, 2.45) is 4.99 Å². The average Bonchev–Trinajstić information content (AvgIpc) is 3.22. The number of nitrogens with zero attached hydrogens (tertiary/aromatic N) is 1. The summed E-state index contributed by atoms with van der Waals surface area (Å²) in [5.41, 5.74) is 0.974. The van der Waals surface area contributed by atoms with Gasteiger partial charge < -0.3 is 9.84 Å². The molecule has 1 aromatic carbocycles. The van der Waals surface area contributed by atoms with Crippen molar-refractivity contribution in [1.29, 1.82) is 0 Å². The Morgan fingerprint density at radius 2 is 1.57 bits per heavy atom. The zero-order valence-electron chi connectivity index (χ0n) is 17.7. The predicted octanol–water partition coefficient (Wildman–Crippen LogP) is 6.45. The third kappa shape index (κ3) is 9.05. The lowest BCUT2D eigenvalue weighted by molar-refractivity contribution is 0.168. The number of aliphatic imine (C=N–C) groups is 1. The van der Waals surface area contributed by atoms with Crippen LogP contribution in [0.25, 0.3) is 0 Å². The molecule has 0 bridgehead atoms. The van der Waals surface area contributed by atoms with E-state index in [1.54, 1.807) is 0 Å². The molecule has 2 atom stereocenters. The van der Waals surface area contributed by atoms with Crippen molar-refractivity contribution < 1.29 is 9.84 Å². The molecular weight excluding hydrogens is 346 g/mol. The third-order valence-electron chi connectivity index (χ3n) is 5.40. The van der Waals surface area contributed by atoms with Gasteiger partial charge in [-0.15, -0.1) is 0 Å². The number of ether oxygens (including phenoxy) is 1.